The molecule has 1 aliphatic heterocycles. The van der Waals surface area contributed by atoms with Crippen molar-refractivity contribution >= 4 is 29.0 Å². The Hall–Kier alpha value is -2.88. The van der Waals surface area contributed by atoms with E-state index in [2.05, 4.69) is 10.3 Å². The zero-order chi connectivity index (χ0) is 21.2. The summed E-state index contributed by atoms with van der Waals surface area (Å²) in [5, 5.41) is 13.6. The molecule has 1 aliphatic rings. The lowest BCUT2D eigenvalue weighted by Crippen LogP contribution is -2.45. The number of amides is 1. The van der Waals surface area contributed by atoms with Crippen LogP contribution >= 0.6 is 11.6 Å². The molecule has 0 radical (unpaired) electrons. The van der Waals surface area contributed by atoms with Crippen LogP contribution in [0.4, 0.5) is 24.7 Å². The van der Waals surface area contributed by atoms with Crippen LogP contribution in [0.5, 0.6) is 0 Å². The van der Waals surface area contributed by atoms with Gasteiger partial charge in [0.1, 0.15) is 5.82 Å². The number of hydrogen-bond donors (Lipinski definition) is 1. The molecule has 3 rings (SSSR count). The van der Waals surface area contributed by atoms with Gasteiger partial charge in [-0.2, -0.15) is 13.2 Å². The maximum absolute atomic E-state index is 12.6. The Labute approximate surface area is 168 Å². The quantitative estimate of drug-likeness (QED) is 0.586. The minimum absolute atomic E-state index is 0.0110. The molecule has 1 aromatic heterocycles. The van der Waals surface area contributed by atoms with Crippen LogP contribution in [-0.4, -0.2) is 34.9 Å². The summed E-state index contributed by atoms with van der Waals surface area (Å²) in [6, 6.07) is 5.80. The first-order valence-electron chi connectivity index (χ1n) is 8.68. The fraction of sp³-hybridized carbons (Fsp3) is 0.333. The summed E-state index contributed by atoms with van der Waals surface area (Å²) in [5.41, 5.74) is -0.864. The zero-order valence-corrected chi connectivity index (χ0v) is 15.7. The summed E-state index contributed by atoms with van der Waals surface area (Å²) in [5.74, 6) is 0.0113. The van der Waals surface area contributed by atoms with Crippen molar-refractivity contribution in [2.24, 2.45) is 0 Å². The molecular formula is C18H16ClF3N4O3. The van der Waals surface area contributed by atoms with Crippen LogP contribution in [0, 0.1) is 10.1 Å². The fourth-order valence-corrected chi connectivity index (χ4v) is 3.32. The van der Waals surface area contributed by atoms with Crippen LogP contribution in [0.25, 0.3) is 0 Å². The van der Waals surface area contributed by atoms with Crippen LogP contribution in [0.1, 0.15) is 28.8 Å². The van der Waals surface area contributed by atoms with Gasteiger partial charge in [0.2, 0.25) is 0 Å². The highest BCUT2D eigenvalue weighted by molar-refractivity contribution is 6.34. The van der Waals surface area contributed by atoms with Crippen molar-refractivity contribution in [2.45, 2.75) is 25.1 Å². The zero-order valence-electron chi connectivity index (χ0n) is 14.9. The highest BCUT2D eigenvalue weighted by atomic mass is 35.5. The number of nitro benzene ring substituents is 1. The number of nitro groups is 1. The van der Waals surface area contributed by atoms with Gasteiger partial charge in [0.05, 0.1) is 21.1 Å². The molecule has 29 heavy (non-hydrogen) atoms. The second-order valence-electron chi connectivity index (χ2n) is 6.56. The molecular weight excluding hydrogens is 413 g/mol. The minimum atomic E-state index is -4.43. The summed E-state index contributed by atoms with van der Waals surface area (Å²) in [6.45, 7) is 1.02. The maximum atomic E-state index is 12.6. The molecule has 11 heteroatoms. The van der Waals surface area contributed by atoms with Crippen molar-refractivity contribution in [3.05, 3.63) is 62.8 Å². The molecule has 1 saturated heterocycles. The second-order valence-corrected chi connectivity index (χ2v) is 6.97. The van der Waals surface area contributed by atoms with E-state index in [-0.39, 0.29) is 22.3 Å². The number of aromatic nitrogens is 1. The summed E-state index contributed by atoms with van der Waals surface area (Å²) >= 11 is 5.97. The van der Waals surface area contributed by atoms with Crippen LogP contribution in [0.15, 0.2) is 36.5 Å². The lowest BCUT2D eigenvalue weighted by molar-refractivity contribution is -0.384. The minimum Gasteiger partial charge on any atom is -0.356 e. The molecule has 0 aliphatic carbocycles. The third-order valence-electron chi connectivity index (χ3n) is 4.64. The van der Waals surface area contributed by atoms with Crippen molar-refractivity contribution in [1.82, 2.24) is 10.3 Å². The van der Waals surface area contributed by atoms with Crippen molar-refractivity contribution in [1.29, 1.82) is 0 Å². The van der Waals surface area contributed by atoms with Gasteiger partial charge in [-0.3, -0.25) is 14.9 Å². The Bertz CT molecular complexity index is 914. The van der Waals surface area contributed by atoms with Crippen molar-refractivity contribution < 1.29 is 22.9 Å². The SMILES string of the molecule is O=C(NC1CCN(c2ccc(C(F)(F)F)cn2)CC1)c1ccc([N+](=O)[O-])cc1Cl. The number of non-ortho nitro benzene ring substituents is 1. The second kappa shape index (κ2) is 8.24. The van der Waals surface area contributed by atoms with Crippen LogP contribution in [0.3, 0.4) is 0 Å². The Kier molecular flexibility index (Phi) is 5.92. The van der Waals surface area contributed by atoms with Gasteiger partial charge < -0.3 is 10.2 Å². The maximum Gasteiger partial charge on any atom is 0.417 e. The van der Waals surface area contributed by atoms with Gasteiger partial charge in [-0.25, -0.2) is 4.98 Å². The third kappa shape index (κ3) is 4.94. The average Bonchev–Trinajstić information content (AvgIpc) is 2.67. The first-order chi connectivity index (χ1) is 13.6. The van der Waals surface area contributed by atoms with E-state index in [1.54, 1.807) is 0 Å². The number of carbonyl (C=O) groups is 1. The largest absolute Gasteiger partial charge is 0.417 e. The highest BCUT2D eigenvalue weighted by Crippen LogP contribution is 2.30. The monoisotopic (exact) mass is 428 g/mol. The Morgan fingerprint density at radius 2 is 1.93 bits per heavy atom. The Morgan fingerprint density at radius 3 is 2.45 bits per heavy atom. The number of anilines is 1. The van der Waals surface area contributed by atoms with Gasteiger partial charge in [0.25, 0.3) is 11.6 Å². The van der Waals surface area contributed by atoms with E-state index in [4.69, 9.17) is 11.6 Å². The summed E-state index contributed by atoms with van der Waals surface area (Å²) < 4.78 is 37.9. The highest BCUT2D eigenvalue weighted by Gasteiger charge is 2.31. The number of nitrogens with one attached hydrogen (secondary N) is 1. The molecule has 1 amide bonds. The molecule has 1 fully saturated rings. The number of hydrogen-bond acceptors (Lipinski definition) is 5. The van der Waals surface area contributed by atoms with Gasteiger partial charge in [0.15, 0.2) is 0 Å². The van der Waals surface area contributed by atoms with Gasteiger partial charge >= 0.3 is 6.18 Å². The van der Waals surface area contributed by atoms with Crippen molar-refractivity contribution in [3.63, 3.8) is 0 Å². The van der Waals surface area contributed by atoms with Gasteiger partial charge in [-0.15, -0.1) is 0 Å². The molecule has 2 heterocycles. The smallest absolute Gasteiger partial charge is 0.356 e. The first kappa shape index (κ1) is 20.8. The number of halogens is 4. The van der Waals surface area contributed by atoms with E-state index in [9.17, 15) is 28.1 Å². The molecule has 1 aromatic carbocycles. The predicted octanol–water partition coefficient (Wildman–Crippen LogP) is 4.06. The lowest BCUT2D eigenvalue weighted by Gasteiger charge is -2.33. The van der Waals surface area contributed by atoms with E-state index in [0.717, 1.165) is 18.3 Å². The lowest BCUT2D eigenvalue weighted by atomic mass is 10.0. The van der Waals surface area contributed by atoms with Crippen molar-refractivity contribution in [3.8, 4) is 0 Å². The number of nitrogens with zero attached hydrogens (tertiary/aromatic N) is 3. The molecule has 0 atom stereocenters. The van der Waals surface area contributed by atoms with E-state index in [0.29, 0.717) is 31.7 Å². The van der Waals surface area contributed by atoms with Crippen LogP contribution in [0.2, 0.25) is 5.02 Å². The van der Waals surface area contributed by atoms with E-state index < -0.39 is 22.6 Å². The van der Waals surface area contributed by atoms with Crippen LogP contribution < -0.4 is 10.2 Å². The van der Waals surface area contributed by atoms with E-state index >= 15 is 0 Å². The molecule has 7 nitrogen and oxygen atoms in total. The molecule has 2 aromatic rings. The normalized spacial score (nSPS) is 15.2. The third-order valence-corrected chi connectivity index (χ3v) is 4.95. The molecule has 1 N–H and O–H groups in total. The number of rotatable bonds is 4. The molecule has 0 saturated carbocycles. The average molecular weight is 429 g/mol. The van der Waals surface area contributed by atoms with Gasteiger partial charge in [-0.1, -0.05) is 11.6 Å². The van der Waals surface area contributed by atoms with E-state index in [1.165, 1.54) is 18.2 Å². The van der Waals surface area contributed by atoms with Crippen LogP contribution in [-0.2, 0) is 6.18 Å². The number of alkyl halides is 3. The topological polar surface area (TPSA) is 88.4 Å². The van der Waals surface area contributed by atoms with Crippen molar-refractivity contribution in [2.75, 3.05) is 18.0 Å². The number of pyridine rings is 1. The molecule has 0 bridgehead atoms. The molecule has 0 unspecified atom stereocenters. The number of piperidine rings is 1. The standard InChI is InChI=1S/C18H16ClF3N4O3/c19-15-9-13(26(28)29)2-3-14(15)17(27)24-12-5-7-25(8-6-12)16-4-1-11(10-23-16)18(20,21)22/h1-4,9-10,12H,5-8H2,(H,24,27). The summed E-state index contributed by atoms with van der Waals surface area (Å²) in [4.78, 5) is 28.3. The summed E-state index contributed by atoms with van der Waals surface area (Å²) in [6.07, 6.45) is -2.49. The predicted molar refractivity (Wildman–Crippen MR) is 100 cm³/mol. The number of carbonyl (C=O) groups excluding carboxylic acids is 1. The Balaban J connectivity index is 1.57. The van der Waals surface area contributed by atoms with Gasteiger partial charge in [-0.05, 0) is 31.0 Å². The molecule has 0 spiro atoms. The van der Waals surface area contributed by atoms with Gasteiger partial charge in [0, 0.05) is 37.5 Å². The number of benzene rings is 1. The Morgan fingerprint density at radius 1 is 1.24 bits per heavy atom. The van der Waals surface area contributed by atoms with E-state index in [1.807, 2.05) is 4.90 Å². The molecule has 154 valence electrons. The summed E-state index contributed by atoms with van der Waals surface area (Å²) in [7, 11) is 0. The first-order valence-corrected chi connectivity index (χ1v) is 9.06. The fourth-order valence-electron chi connectivity index (χ4n) is 3.06.